The highest BCUT2D eigenvalue weighted by Gasteiger charge is 2.14. The lowest BCUT2D eigenvalue weighted by Crippen LogP contribution is -2.31. The lowest BCUT2D eigenvalue weighted by atomic mass is 10.2. The van der Waals surface area contributed by atoms with Gasteiger partial charge in [-0.1, -0.05) is 30.3 Å². The van der Waals surface area contributed by atoms with Gasteiger partial charge < -0.3 is 5.32 Å². The number of aromatic nitrogens is 3. The van der Waals surface area contributed by atoms with Crippen molar-refractivity contribution in [3.05, 3.63) is 87.1 Å². The van der Waals surface area contributed by atoms with Gasteiger partial charge in [-0.15, -0.1) is 0 Å². The first-order valence-corrected chi connectivity index (χ1v) is 9.56. The van der Waals surface area contributed by atoms with Crippen LogP contribution in [0.1, 0.15) is 15.9 Å². The van der Waals surface area contributed by atoms with Crippen LogP contribution in [0, 0.1) is 0 Å². The van der Waals surface area contributed by atoms with Gasteiger partial charge in [0.2, 0.25) is 0 Å². The molecule has 3 aromatic heterocycles. The summed E-state index contributed by atoms with van der Waals surface area (Å²) in [5.41, 5.74) is 2.97. The molecule has 0 bridgehead atoms. The molecule has 0 fully saturated rings. The average Bonchev–Trinajstić information content (AvgIpc) is 3.32. The topological polar surface area (TPSA) is 68.9 Å². The van der Waals surface area contributed by atoms with Crippen LogP contribution in [0.5, 0.6) is 0 Å². The zero-order valence-electron chi connectivity index (χ0n) is 14.5. The second kappa shape index (κ2) is 7.59. The van der Waals surface area contributed by atoms with Gasteiger partial charge in [-0.2, -0.15) is 11.3 Å². The molecule has 136 valence electrons. The largest absolute Gasteiger partial charge is 0.350 e. The Hall–Kier alpha value is -3.19. The van der Waals surface area contributed by atoms with Crippen molar-refractivity contribution in [1.82, 2.24) is 19.4 Å². The van der Waals surface area contributed by atoms with E-state index in [0.717, 1.165) is 11.1 Å². The molecule has 7 heteroatoms. The van der Waals surface area contributed by atoms with Gasteiger partial charge in [0.15, 0.2) is 5.65 Å². The molecule has 0 atom stereocenters. The fraction of sp³-hybridized carbons (Fsp3) is 0.150. The Balaban J connectivity index is 1.58. The van der Waals surface area contributed by atoms with E-state index in [1.165, 1.54) is 11.3 Å². The molecule has 4 rings (SSSR count). The molecule has 3 heterocycles. The van der Waals surface area contributed by atoms with Crippen LogP contribution in [0.25, 0.3) is 11.2 Å². The summed E-state index contributed by atoms with van der Waals surface area (Å²) in [6, 6.07) is 15.3. The zero-order chi connectivity index (χ0) is 18.6. The predicted octanol–water partition coefficient (Wildman–Crippen LogP) is 2.74. The monoisotopic (exact) mass is 378 g/mol. The first kappa shape index (κ1) is 17.2. The second-order valence-electron chi connectivity index (χ2n) is 6.12. The number of imidazole rings is 1. The van der Waals surface area contributed by atoms with Gasteiger partial charge in [-0.05, 0) is 29.1 Å². The van der Waals surface area contributed by atoms with Gasteiger partial charge in [0.1, 0.15) is 0 Å². The summed E-state index contributed by atoms with van der Waals surface area (Å²) < 4.78 is 3.34. The number of rotatable bonds is 6. The van der Waals surface area contributed by atoms with Gasteiger partial charge in [0.25, 0.3) is 5.91 Å². The Morgan fingerprint density at radius 3 is 2.70 bits per heavy atom. The summed E-state index contributed by atoms with van der Waals surface area (Å²) in [5.74, 6) is -0.134. The van der Waals surface area contributed by atoms with Crippen molar-refractivity contribution in [3.8, 4) is 0 Å². The van der Waals surface area contributed by atoms with Crippen molar-refractivity contribution in [2.45, 2.75) is 13.1 Å². The van der Waals surface area contributed by atoms with Crippen molar-refractivity contribution in [2.75, 3.05) is 6.54 Å². The van der Waals surface area contributed by atoms with Gasteiger partial charge >= 0.3 is 5.69 Å². The van der Waals surface area contributed by atoms with Crippen molar-refractivity contribution in [1.29, 1.82) is 0 Å². The smallest absolute Gasteiger partial charge is 0.330 e. The highest BCUT2D eigenvalue weighted by atomic mass is 32.1. The van der Waals surface area contributed by atoms with E-state index < -0.39 is 0 Å². The molecule has 0 aliphatic carbocycles. The van der Waals surface area contributed by atoms with Crippen LogP contribution in [0.4, 0.5) is 0 Å². The minimum absolute atomic E-state index is 0.127. The molecular weight excluding hydrogens is 360 g/mol. The van der Waals surface area contributed by atoms with Gasteiger partial charge in [-0.3, -0.25) is 13.9 Å². The number of hydrogen-bond donors (Lipinski definition) is 1. The van der Waals surface area contributed by atoms with E-state index >= 15 is 0 Å². The van der Waals surface area contributed by atoms with E-state index in [1.807, 2.05) is 47.8 Å². The van der Waals surface area contributed by atoms with Gasteiger partial charge in [-0.25, -0.2) is 9.78 Å². The lowest BCUT2D eigenvalue weighted by molar-refractivity contribution is 0.0952. The first-order chi connectivity index (χ1) is 13.2. The fourth-order valence-electron chi connectivity index (χ4n) is 3.04. The number of carbonyl (C=O) groups is 1. The quantitative estimate of drug-likeness (QED) is 0.561. The SMILES string of the molecule is O=C(NCCn1c(=O)n(Cc2ccccc2)c2cccnc21)c1ccsc1. The van der Waals surface area contributed by atoms with E-state index in [4.69, 9.17) is 0 Å². The molecule has 27 heavy (non-hydrogen) atoms. The number of hydrogen-bond acceptors (Lipinski definition) is 4. The van der Waals surface area contributed by atoms with Crippen LogP contribution >= 0.6 is 11.3 Å². The maximum atomic E-state index is 13.0. The van der Waals surface area contributed by atoms with E-state index in [0.29, 0.717) is 30.8 Å². The number of benzene rings is 1. The van der Waals surface area contributed by atoms with E-state index in [2.05, 4.69) is 10.3 Å². The molecule has 6 nitrogen and oxygen atoms in total. The molecule has 0 radical (unpaired) electrons. The molecule has 0 unspecified atom stereocenters. The molecule has 4 aromatic rings. The Bertz CT molecular complexity index is 1110. The lowest BCUT2D eigenvalue weighted by Gasteiger charge is -2.05. The van der Waals surface area contributed by atoms with Crippen molar-refractivity contribution >= 4 is 28.4 Å². The van der Waals surface area contributed by atoms with Crippen molar-refractivity contribution in [2.24, 2.45) is 0 Å². The summed E-state index contributed by atoms with van der Waals surface area (Å²) in [6.07, 6.45) is 1.68. The Morgan fingerprint density at radius 2 is 1.93 bits per heavy atom. The minimum atomic E-state index is -0.134. The fourth-order valence-corrected chi connectivity index (χ4v) is 3.68. The number of nitrogens with zero attached hydrogens (tertiary/aromatic N) is 3. The number of amides is 1. The Morgan fingerprint density at radius 1 is 1.07 bits per heavy atom. The Labute approximate surface area is 159 Å². The van der Waals surface area contributed by atoms with Crippen LogP contribution in [0.3, 0.4) is 0 Å². The number of fused-ring (bicyclic) bond motifs is 1. The third kappa shape index (κ3) is 3.54. The molecule has 0 spiro atoms. The van der Waals surface area contributed by atoms with Crippen LogP contribution in [-0.4, -0.2) is 26.6 Å². The number of thiophene rings is 1. The number of pyridine rings is 1. The standard InChI is InChI=1S/C20H18N4O2S/c25-19(16-8-12-27-14-16)22-10-11-23-18-17(7-4-9-21-18)24(20(23)26)13-15-5-2-1-3-6-15/h1-9,12,14H,10-11,13H2,(H,22,25). The minimum Gasteiger partial charge on any atom is -0.350 e. The van der Waals surface area contributed by atoms with Crippen LogP contribution < -0.4 is 11.0 Å². The molecule has 0 aliphatic rings. The highest BCUT2D eigenvalue weighted by molar-refractivity contribution is 7.08. The molecule has 1 N–H and O–H groups in total. The molecule has 1 aromatic carbocycles. The summed E-state index contributed by atoms with van der Waals surface area (Å²) >= 11 is 1.48. The average molecular weight is 378 g/mol. The maximum absolute atomic E-state index is 13.0. The van der Waals surface area contributed by atoms with Crippen LogP contribution in [0.2, 0.25) is 0 Å². The second-order valence-corrected chi connectivity index (χ2v) is 6.90. The van der Waals surface area contributed by atoms with Crippen molar-refractivity contribution in [3.63, 3.8) is 0 Å². The van der Waals surface area contributed by atoms with Gasteiger partial charge in [0.05, 0.1) is 12.1 Å². The normalized spacial score (nSPS) is 11.0. The Kier molecular flexibility index (Phi) is 4.84. The molecular formula is C20H18N4O2S. The van der Waals surface area contributed by atoms with E-state index in [9.17, 15) is 9.59 Å². The van der Waals surface area contributed by atoms with Crippen LogP contribution in [0.15, 0.2) is 70.3 Å². The molecule has 1 amide bonds. The zero-order valence-corrected chi connectivity index (χ0v) is 15.4. The summed E-state index contributed by atoms with van der Waals surface area (Å²) in [6.45, 7) is 1.20. The van der Waals surface area contributed by atoms with Gasteiger partial charge in [0, 0.05) is 30.2 Å². The van der Waals surface area contributed by atoms with E-state index in [1.54, 1.807) is 26.8 Å². The predicted molar refractivity (Wildman–Crippen MR) is 106 cm³/mol. The third-order valence-corrected chi connectivity index (χ3v) is 5.05. The first-order valence-electron chi connectivity index (χ1n) is 8.62. The maximum Gasteiger partial charge on any atom is 0.330 e. The highest BCUT2D eigenvalue weighted by Crippen LogP contribution is 2.12. The van der Waals surface area contributed by atoms with E-state index in [-0.39, 0.29) is 11.6 Å². The molecule has 0 saturated carbocycles. The third-order valence-electron chi connectivity index (χ3n) is 4.36. The summed E-state index contributed by atoms with van der Waals surface area (Å²) in [4.78, 5) is 29.4. The number of nitrogens with one attached hydrogen (secondary N) is 1. The summed E-state index contributed by atoms with van der Waals surface area (Å²) in [5, 5.41) is 6.52. The van der Waals surface area contributed by atoms with Crippen molar-refractivity contribution < 1.29 is 4.79 Å². The molecule has 0 saturated heterocycles. The molecule has 0 aliphatic heterocycles. The van der Waals surface area contributed by atoms with Crippen LogP contribution in [-0.2, 0) is 13.1 Å². The number of carbonyl (C=O) groups excluding carboxylic acids is 1. The summed E-state index contributed by atoms with van der Waals surface area (Å²) in [7, 11) is 0.